The van der Waals surface area contributed by atoms with E-state index in [1.165, 1.54) is 0 Å². The number of amides is 1. The van der Waals surface area contributed by atoms with Gasteiger partial charge in [0.1, 0.15) is 11.4 Å². The molecule has 1 atom stereocenters. The van der Waals surface area contributed by atoms with Gasteiger partial charge in [-0.3, -0.25) is 4.79 Å². The minimum Gasteiger partial charge on any atom is -0.336 e. The van der Waals surface area contributed by atoms with Gasteiger partial charge in [-0.1, -0.05) is 0 Å². The molecule has 1 fully saturated rings. The second-order valence-corrected chi connectivity index (χ2v) is 5.95. The Morgan fingerprint density at radius 3 is 3.04 bits per heavy atom. The monoisotopic (exact) mass is 310 g/mol. The summed E-state index contributed by atoms with van der Waals surface area (Å²) in [5.74, 6) is 0.916. The molecule has 118 valence electrons. The summed E-state index contributed by atoms with van der Waals surface area (Å²) in [6.07, 6.45) is 8.98. The predicted octanol–water partition coefficient (Wildman–Crippen LogP) is 1.75. The molecule has 3 aromatic heterocycles. The predicted molar refractivity (Wildman–Crippen MR) is 83.9 cm³/mol. The first-order valence-electron chi connectivity index (χ1n) is 7.74. The van der Waals surface area contributed by atoms with Crippen molar-refractivity contribution in [3.8, 4) is 0 Å². The third-order valence-electron chi connectivity index (χ3n) is 4.35. The van der Waals surface area contributed by atoms with E-state index in [-0.39, 0.29) is 11.9 Å². The molecule has 23 heavy (non-hydrogen) atoms. The summed E-state index contributed by atoms with van der Waals surface area (Å²) in [4.78, 5) is 23.8. The molecule has 4 heterocycles. The Kier molecular flexibility index (Phi) is 3.14. The fraction of sp³-hybridized carbons (Fsp3) is 0.375. The van der Waals surface area contributed by atoms with Crippen molar-refractivity contribution in [1.29, 1.82) is 0 Å². The van der Waals surface area contributed by atoms with E-state index in [1.54, 1.807) is 29.2 Å². The molecule has 1 aliphatic heterocycles. The quantitative estimate of drug-likeness (QED) is 0.723. The number of hydrogen-bond acceptors (Lipinski definition) is 4. The van der Waals surface area contributed by atoms with Gasteiger partial charge >= 0.3 is 0 Å². The molecule has 1 saturated heterocycles. The van der Waals surface area contributed by atoms with Crippen molar-refractivity contribution in [2.75, 3.05) is 6.54 Å². The van der Waals surface area contributed by atoms with E-state index in [0.29, 0.717) is 11.2 Å². The van der Waals surface area contributed by atoms with Gasteiger partial charge < -0.3 is 9.47 Å². The Labute approximate surface area is 133 Å². The molecule has 4 rings (SSSR count). The van der Waals surface area contributed by atoms with Gasteiger partial charge in [-0.15, -0.1) is 0 Å². The van der Waals surface area contributed by atoms with E-state index in [0.717, 1.165) is 30.9 Å². The van der Waals surface area contributed by atoms with Crippen molar-refractivity contribution < 1.29 is 4.79 Å². The number of fused-ring (bicyclic) bond motifs is 1. The lowest BCUT2D eigenvalue weighted by Gasteiger charge is -2.23. The van der Waals surface area contributed by atoms with Crippen LogP contribution in [0.3, 0.4) is 0 Å². The van der Waals surface area contributed by atoms with Crippen LogP contribution in [0.4, 0.5) is 0 Å². The fourth-order valence-corrected chi connectivity index (χ4v) is 3.36. The number of carbonyl (C=O) groups is 1. The number of aromatic nitrogens is 5. The van der Waals surface area contributed by atoms with Gasteiger partial charge in [0.2, 0.25) is 0 Å². The highest BCUT2D eigenvalue weighted by molar-refractivity contribution is 5.99. The number of aryl methyl sites for hydroxylation is 2. The lowest BCUT2D eigenvalue weighted by Crippen LogP contribution is -2.31. The minimum atomic E-state index is -0.0261. The standard InChI is InChI=1S/C16H18N6O/c1-11-10-20(2)15(19-11)13-5-3-7-21(13)16(23)12-9-18-22-8-4-6-17-14(12)22/h4,6,8-10,13H,3,5,7H2,1-2H3/t13-/m1/s1. The molecule has 0 aromatic carbocycles. The first kappa shape index (κ1) is 13.9. The highest BCUT2D eigenvalue weighted by atomic mass is 16.2. The smallest absolute Gasteiger partial charge is 0.259 e. The Bertz CT molecular complexity index is 880. The molecule has 0 N–H and O–H groups in total. The third-order valence-corrected chi connectivity index (χ3v) is 4.35. The number of rotatable bonds is 2. The van der Waals surface area contributed by atoms with Crippen molar-refractivity contribution in [3.63, 3.8) is 0 Å². The molecule has 0 spiro atoms. The average Bonchev–Trinajstić information content (AvgIpc) is 3.24. The molecule has 0 saturated carbocycles. The van der Waals surface area contributed by atoms with Crippen LogP contribution in [0.1, 0.15) is 40.8 Å². The van der Waals surface area contributed by atoms with Crippen LogP contribution >= 0.6 is 0 Å². The van der Waals surface area contributed by atoms with Crippen molar-refractivity contribution in [3.05, 3.63) is 47.9 Å². The lowest BCUT2D eigenvalue weighted by atomic mass is 10.2. The van der Waals surface area contributed by atoms with Crippen molar-refractivity contribution in [1.82, 2.24) is 29.0 Å². The van der Waals surface area contributed by atoms with Gasteiger partial charge in [-0.05, 0) is 25.8 Å². The largest absolute Gasteiger partial charge is 0.336 e. The number of hydrogen-bond donors (Lipinski definition) is 0. The second-order valence-electron chi connectivity index (χ2n) is 5.95. The number of carbonyl (C=O) groups excluding carboxylic acids is 1. The van der Waals surface area contributed by atoms with Gasteiger partial charge in [-0.2, -0.15) is 5.10 Å². The first-order valence-corrected chi connectivity index (χ1v) is 7.74. The maximum atomic E-state index is 13.0. The van der Waals surface area contributed by atoms with Crippen molar-refractivity contribution in [2.45, 2.75) is 25.8 Å². The zero-order valence-electron chi connectivity index (χ0n) is 13.2. The molecule has 1 amide bonds. The Hall–Kier alpha value is -2.70. The van der Waals surface area contributed by atoms with E-state index < -0.39 is 0 Å². The molecule has 0 radical (unpaired) electrons. The van der Waals surface area contributed by atoms with E-state index >= 15 is 0 Å². The summed E-state index contributed by atoms with van der Waals surface area (Å²) >= 11 is 0. The van der Waals surface area contributed by atoms with Crippen LogP contribution in [0.2, 0.25) is 0 Å². The van der Waals surface area contributed by atoms with E-state index in [4.69, 9.17) is 0 Å². The highest BCUT2D eigenvalue weighted by Crippen LogP contribution is 2.32. The zero-order chi connectivity index (χ0) is 16.0. The molecular weight excluding hydrogens is 292 g/mol. The third kappa shape index (κ3) is 2.19. The number of nitrogens with zero attached hydrogens (tertiary/aromatic N) is 6. The van der Waals surface area contributed by atoms with Crippen LogP contribution in [-0.2, 0) is 7.05 Å². The highest BCUT2D eigenvalue weighted by Gasteiger charge is 2.34. The summed E-state index contributed by atoms with van der Waals surface area (Å²) in [6, 6.07) is 1.81. The fourth-order valence-electron chi connectivity index (χ4n) is 3.36. The van der Waals surface area contributed by atoms with Crippen LogP contribution in [0.25, 0.3) is 5.65 Å². The molecule has 7 nitrogen and oxygen atoms in total. The maximum Gasteiger partial charge on any atom is 0.259 e. The maximum absolute atomic E-state index is 13.0. The van der Waals surface area contributed by atoms with Crippen molar-refractivity contribution in [2.24, 2.45) is 7.05 Å². The van der Waals surface area contributed by atoms with Crippen LogP contribution < -0.4 is 0 Å². The summed E-state index contributed by atoms with van der Waals surface area (Å²) in [5, 5.41) is 4.22. The Morgan fingerprint density at radius 2 is 2.26 bits per heavy atom. The minimum absolute atomic E-state index is 0.0138. The number of likely N-dealkylation sites (tertiary alicyclic amines) is 1. The van der Waals surface area contributed by atoms with Crippen LogP contribution in [0.5, 0.6) is 0 Å². The topological polar surface area (TPSA) is 68.3 Å². The molecule has 0 bridgehead atoms. The Morgan fingerprint density at radius 1 is 1.39 bits per heavy atom. The van der Waals surface area contributed by atoms with Crippen LogP contribution in [0, 0.1) is 6.92 Å². The summed E-state index contributed by atoms with van der Waals surface area (Å²) in [5.41, 5.74) is 2.11. The SMILES string of the molecule is Cc1cn(C)c([C@H]2CCCN2C(=O)c2cnn3cccnc23)n1. The molecule has 3 aromatic rings. The van der Waals surface area contributed by atoms with E-state index in [1.807, 2.05) is 29.6 Å². The summed E-state index contributed by atoms with van der Waals surface area (Å²) < 4.78 is 3.64. The normalized spacial score (nSPS) is 18.0. The summed E-state index contributed by atoms with van der Waals surface area (Å²) in [6.45, 7) is 2.71. The molecule has 0 unspecified atom stereocenters. The first-order chi connectivity index (χ1) is 11.1. The number of imidazole rings is 1. The zero-order valence-corrected chi connectivity index (χ0v) is 13.2. The van der Waals surface area contributed by atoms with Gasteiger partial charge in [0.15, 0.2) is 5.65 Å². The lowest BCUT2D eigenvalue weighted by molar-refractivity contribution is 0.0730. The summed E-state index contributed by atoms with van der Waals surface area (Å²) in [7, 11) is 1.98. The van der Waals surface area contributed by atoms with E-state index in [2.05, 4.69) is 15.1 Å². The second kappa shape index (κ2) is 5.19. The molecule has 1 aliphatic rings. The van der Waals surface area contributed by atoms with Gasteiger partial charge in [0.25, 0.3) is 5.91 Å². The van der Waals surface area contributed by atoms with Crippen LogP contribution in [-0.4, -0.2) is 41.5 Å². The van der Waals surface area contributed by atoms with Crippen molar-refractivity contribution >= 4 is 11.6 Å². The van der Waals surface area contributed by atoms with E-state index in [9.17, 15) is 4.79 Å². The molecular formula is C16H18N6O. The van der Waals surface area contributed by atoms with Gasteiger partial charge in [-0.25, -0.2) is 14.5 Å². The van der Waals surface area contributed by atoms with Crippen LogP contribution in [0.15, 0.2) is 30.9 Å². The molecule has 0 aliphatic carbocycles. The molecule has 7 heteroatoms. The van der Waals surface area contributed by atoms with Gasteiger partial charge in [0, 0.05) is 32.2 Å². The Balaban J connectivity index is 1.71. The average molecular weight is 310 g/mol. The van der Waals surface area contributed by atoms with Gasteiger partial charge in [0.05, 0.1) is 17.9 Å².